The van der Waals surface area contributed by atoms with Crippen molar-refractivity contribution in [3.8, 4) is 0 Å². The fourth-order valence-corrected chi connectivity index (χ4v) is 7.87. The third kappa shape index (κ3) is 4.49. The van der Waals surface area contributed by atoms with Gasteiger partial charge in [0.15, 0.2) is 0 Å². The highest BCUT2D eigenvalue weighted by molar-refractivity contribution is 8.00. The molecule has 1 fully saturated rings. The summed E-state index contributed by atoms with van der Waals surface area (Å²) in [7, 11) is 0. The normalized spacial score (nSPS) is 20.1. The minimum absolute atomic E-state index is 0.246. The number of amides is 3. The van der Waals surface area contributed by atoms with Gasteiger partial charge in [-0.05, 0) is 48.9 Å². The van der Waals surface area contributed by atoms with Crippen LogP contribution in [0.5, 0.6) is 0 Å². The molecule has 3 heterocycles. The fourth-order valence-electron chi connectivity index (χ4n) is 5.10. The number of halogens is 1. The van der Waals surface area contributed by atoms with Crippen LogP contribution >= 0.6 is 23.1 Å². The maximum Gasteiger partial charge on any atom is 0.308 e. The summed E-state index contributed by atoms with van der Waals surface area (Å²) in [5.74, 6) is -2.99. The zero-order valence-electron chi connectivity index (χ0n) is 20.7. The summed E-state index contributed by atoms with van der Waals surface area (Å²) >= 11 is 2.10. The van der Waals surface area contributed by atoms with Gasteiger partial charge in [-0.2, -0.15) is 0 Å². The smallest absolute Gasteiger partial charge is 0.308 e. The Bertz CT molecular complexity index is 1650. The Morgan fingerprint density at radius 3 is 2.31 bits per heavy atom. The molecule has 196 valence electrons. The minimum atomic E-state index is -0.805. The van der Waals surface area contributed by atoms with E-state index in [1.807, 2.05) is 19.1 Å². The Labute approximate surface area is 231 Å². The Morgan fingerprint density at radius 1 is 0.923 bits per heavy atom. The third-order valence-corrected chi connectivity index (χ3v) is 9.53. The molecule has 0 unspecified atom stereocenters. The van der Waals surface area contributed by atoms with Crippen LogP contribution in [0.3, 0.4) is 0 Å². The first-order valence-electron chi connectivity index (χ1n) is 12.3. The van der Waals surface area contributed by atoms with Crippen molar-refractivity contribution in [2.45, 2.75) is 29.7 Å². The Balaban J connectivity index is 1.40. The molecule has 1 N–H and O–H groups in total. The molecule has 0 spiro atoms. The van der Waals surface area contributed by atoms with E-state index in [9.17, 15) is 23.6 Å². The number of nitrogens with zero attached hydrogens (tertiary/aromatic N) is 2. The van der Waals surface area contributed by atoms with Crippen LogP contribution in [0.1, 0.15) is 21.9 Å². The van der Waals surface area contributed by atoms with Crippen molar-refractivity contribution in [3.05, 3.63) is 110 Å². The lowest BCUT2D eigenvalue weighted by atomic mass is 9.83. The third-order valence-electron chi connectivity index (χ3n) is 6.93. The summed E-state index contributed by atoms with van der Waals surface area (Å²) in [5, 5.41) is 2.48. The number of rotatable bonds is 5. The fraction of sp³-hybridized carbons (Fsp3) is 0.172. The average molecular weight is 560 g/mol. The number of fused-ring (bicyclic) bond motifs is 2. The van der Waals surface area contributed by atoms with E-state index in [2.05, 4.69) is 5.32 Å². The summed E-state index contributed by atoms with van der Waals surface area (Å²) in [6.45, 7) is 1.70. The minimum Gasteiger partial charge on any atom is -0.325 e. The van der Waals surface area contributed by atoms with Crippen LogP contribution in [0.4, 0.5) is 15.8 Å². The molecule has 2 aliphatic heterocycles. The van der Waals surface area contributed by atoms with Gasteiger partial charge in [0.1, 0.15) is 17.6 Å². The predicted molar refractivity (Wildman–Crippen MR) is 149 cm³/mol. The Kier molecular flexibility index (Phi) is 6.44. The molecule has 6 rings (SSSR count). The number of hydrogen-bond donors (Lipinski definition) is 1. The zero-order chi connectivity index (χ0) is 27.3. The molecular weight excluding hydrogens is 537 g/mol. The summed E-state index contributed by atoms with van der Waals surface area (Å²) in [5.41, 5.74) is 2.75. The Hall–Kier alpha value is -4.02. The first-order valence-corrected chi connectivity index (χ1v) is 14.0. The van der Waals surface area contributed by atoms with Crippen LogP contribution in [-0.4, -0.2) is 27.5 Å². The van der Waals surface area contributed by atoms with Gasteiger partial charge in [-0.1, -0.05) is 71.1 Å². The van der Waals surface area contributed by atoms with Gasteiger partial charge >= 0.3 is 4.87 Å². The van der Waals surface area contributed by atoms with Crippen LogP contribution in [0.15, 0.2) is 88.7 Å². The van der Waals surface area contributed by atoms with Crippen molar-refractivity contribution in [3.63, 3.8) is 0 Å². The quantitative estimate of drug-likeness (QED) is 0.355. The SMILES string of the molecule is Cc1ccc(NC(=O)Cn2c3c(sc2=O)[C@@H](c2ccc(F)cc2)[C@@H]2C(=O)N(c4ccccc4)C(=O)[C@@H]2S3)cc1. The lowest BCUT2D eigenvalue weighted by Crippen LogP contribution is -2.33. The van der Waals surface area contributed by atoms with E-state index >= 15 is 0 Å². The van der Waals surface area contributed by atoms with Gasteiger partial charge in [0.05, 0.1) is 16.6 Å². The summed E-state index contributed by atoms with van der Waals surface area (Å²) in [6.07, 6.45) is 0. The number of hydrogen-bond acceptors (Lipinski definition) is 6. The molecule has 1 aromatic heterocycles. The van der Waals surface area contributed by atoms with Crippen molar-refractivity contribution in [1.29, 1.82) is 0 Å². The number of nitrogens with one attached hydrogen (secondary N) is 1. The van der Waals surface area contributed by atoms with E-state index in [1.165, 1.54) is 21.6 Å². The number of carbonyl (C=O) groups excluding carboxylic acids is 3. The lowest BCUT2D eigenvalue weighted by Gasteiger charge is -2.30. The molecular formula is C29H22FN3O4S2. The number of thiazole rings is 1. The van der Waals surface area contributed by atoms with Gasteiger partial charge in [-0.25, -0.2) is 9.29 Å². The molecule has 2 aliphatic rings. The van der Waals surface area contributed by atoms with Crippen LogP contribution in [0.25, 0.3) is 0 Å². The average Bonchev–Trinajstić information content (AvgIpc) is 3.37. The number of anilines is 2. The molecule has 3 amide bonds. The first-order chi connectivity index (χ1) is 18.8. The van der Waals surface area contributed by atoms with Crippen molar-refractivity contribution in [2.75, 3.05) is 10.2 Å². The molecule has 3 aromatic carbocycles. The summed E-state index contributed by atoms with van der Waals surface area (Å²) < 4.78 is 15.2. The van der Waals surface area contributed by atoms with Gasteiger partial charge in [0.2, 0.25) is 17.7 Å². The highest BCUT2D eigenvalue weighted by atomic mass is 32.2. The van der Waals surface area contributed by atoms with Crippen LogP contribution in [0, 0.1) is 18.7 Å². The molecule has 7 nitrogen and oxygen atoms in total. The monoisotopic (exact) mass is 559 g/mol. The number of thioether (sulfide) groups is 1. The molecule has 39 heavy (non-hydrogen) atoms. The standard InChI is InChI=1S/C29H22FN3O4S2/c1-16-7-13-19(14-8-16)31-21(34)15-32-28-25(39-29(32)37)22(17-9-11-18(30)12-10-17)23-24(38-28)27(36)33(26(23)35)20-5-3-2-4-6-20/h2-14,22-24H,15H2,1H3,(H,31,34)/t22-,23-,24+/m0/s1. The lowest BCUT2D eigenvalue weighted by molar-refractivity contribution is -0.122. The van der Waals surface area contributed by atoms with Crippen molar-refractivity contribution >= 4 is 52.2 Å². The molecule has 0 aliphatic carbocycles. The highest BCUT2D eigenvalue weighted by Gasteiger charge is 2.56. The second-order valence-corrected chi connectivity index (χ2v) is 11.6. The topological polar surface area (TPSA) is 88.5 Å². The van der Waals surface area contributed by atoms with Gasteiger partial charge in [-0.15, -0.1) is 0 Å². The Morgan fingerprint density at radius 2 is 1.62 bits per heavy atom. The van der Waals surface area contributed by atoms with E-state index in [0.29, 0.717) is 26.8 Å². The van der Waals surface area contributed by atoms with E-state index in [0.717, 1.165) is 28.7 Å². The van der Waals surface area contributed by atoms with Gasteiger partial charge in [-0.3, -0.25) is 23.7 Å². The largest absolute Gasteiger partial charge is 0.325 e. The second-order valence-electron chi connectivity index (χ2n) is 9.48. The van der Waals surface area contributed by atoms with Gasteiger partial charge < -0.3 is 5.32 Å². The van der Waals surface area contributed by atoms with Crippen molar-refractivity contribution in [2.24, 2.45) is 5.92 Å². The molecule has 0 saturated carbocycles. The first kappa shape index (κ1) is 25.3. The summed E-state index contributed by atoms with van der Waals surface area (Å²) in [4.78, 5) is 55.0. The number of imide groups is 1. The second kappa shape index (κ2) is 9.94. The number of benzene rings is 3. The van der Waals surface area contributed by atoms with Crippen LogP contribution in [-0.2, 0) is 20.9 Å². The van der Waals surface area contributed by atoms with E-state index in [1.54, 1.807) is 54.6 Å². The van der Waals surface area contributed by atoms with Crippen LogP contribution in [0.2, 0.25) is 0 Å². The molecule has 3 atom stereocenters. The maximum absolute atomic E-state index is 13.8. The zero-order valence-corrected chi connectivity index (χ0v) is 22.3. The number of carbonyl (C=O) groups is 3. The van der Waals surface area contributed by atoms with E-state index in [4.69, 9.17) is 0 Å². The number of aryl methyl sites for hydroxylation is 1. The van der Waals surface area contributed by atoms with Crippen molar-refractivity contribution in [1.82, 2.24) is 4.57 Å². The van der Waals surface area contributed by atoms with E-state index < -0.39 is 22.9 Å². The van der Waals surface area contributed by atoms with Crippen LogP contribution < -0.4 is 15.1 Å². The summed E-state index contributed by atoms with van der Waals surface area (Å²) in [6, 6.07) is 21.8. The number of aromatic nitrogens is 1. The molecule has 10 heteroatoms. The molecule has 1 saturated heterocycles. The van der Waals surface area contributed by atoms with E-state index in [-0.39, 0.29) is 29.1 Å². The van der Waals surface area contributed by atoms with Gasteiger partial charge in [0.25, 0.3) is 0 Å². The molecule has 0 radical (unpaired) electrons. The number of para-hydroxylation sites is 1. The highest BCUT2D eigenvalue weighted by Crippen LogP contribution is 2.53. The molecule has 4 aromatic rings. The molecule has 0 bridgehead atoms. The predicted octanol–water partition coefficient (Wildman–Crippen LogP) is 4.79. The van der Waals surface area contributed by atoms with Gasteiger partial charge in [0, 0.05) is 16.5 Å². The maximum atomic E-state index is 13.8. The van der Waals surface area contributed by atoms with Crippen molar-refractivity contribution < 1.29 is 18.8 Å².